The van der Waals surface area contributed by atoms with Crippen molar-refractivity contribution in [2.45, 2.75) is 19.3 Å². The van der Waals surface area contributed by atoms with Gasteiger partial charge in [-0.15, -0.1) is 0 Å². The van der Waals surface area contributed by atoms with Crippen LogP contribution < -0.4 is 0 Å². The standard InChI is InChI=1S/C6H10O3/c7-4-1-2-6(9)3-5-8/h5,7H,1-4H2. The first-order valence-corrected chi connectivity index (χ1v) is 2.87. The number of carbonyl (C=O) groups is 2. The highest BCUT2D eigenvalue weighted by Crippen LogP contribution is 1.90. The average Bonchev–Trinajstić information content (AvgIpc) is 1.85. The van der Waals surface area contributed by atoms with Gasteiger partial charge in [0.1, 0.15) is 12.1 Å². The minimum absolute atomic E-state index is 0.0139. The monoisotopic (exact) mass is 130 g/mol. The molecule has 1 N–H and O–H groups in total. The van der Waals surface area contributed by atoms with Crippen LogP contribution in [0, 0.1) is 0 Å². The summed E-state index contributed by atoms with van der Waals surface area (Å²) in [5.41, 5.74) is 0. The lowest BCUT2D eigenvalue weighted by Crippen LogP contribution is -1.99. The average molecular weight is 130 g/mol. The van der Waals surface area contributed by atoms with E-state index in [-0.39, 0.29) is 18.8 Å². The SMILES string of the molecule is O=CCC(=O)CCCO. The predicted octanol–water partition coefficient (Wildman–Crippen LogP) is -0.0830. The highest BCUT2D eigenvalue weighted by atomic mass is 16.3. The van der Waals surface area contributed by atoms with Crippen LogP contribution in [0.5, 0.6) is 0 Å². The second-order valence-electron chi connectivity index (χ2n) is 1.74. The number of carbonyl (C=O) groups excluding carboxylic acids is 2. The molecule has 0 fully saturated rings. The zero-order valence-electron chi connectivity index (χ0n) is 5.17. The number of aliphatic hydroxyl groups is 1. The summed E-state index contributed by atoms with van der Waals surface area (Å²) in [4.78, 5) is 20.2. The summed E-state index contributed by atoms with van der Waals surface area (Å²) in [5, 5.41) is 8.24. The Kier molecular flexibility index (Phi) is 5.01. The van der Waals surface area contributed by atoms with Crippen molar-refractivity contribution in [1.82, 2.24) is 0 Å². The molecule has 3 heteroatoms. The maximum atomic E-state index is 10.5. The molecule has 0 spiro atoms. The van der Waals surface area contributed by atoms with Gasteiger partial charge in [-0.25, -0.2) is 0 Å². The summed E-state index contributed by atoms with van der Waals surface area (Å²) in [6.07, 6.45) is 1.35. The molecule has 9 heavy (non-hydrogen) atoms. The van der Waals surface area contributed by atoms with Gasteiger partial charge in [0.25, 0.3) is 0 Å². The van der Waals surface area contributed by atoms with Crippen LogP contribution in [0.4, 0.5) is 0 Å². The van der Waals surface area contributed by atoms with Gasteiger partial charge in [-0.2, -0.15) is 0 Å². The Morgan fingerprint density at radius 3 is 2.67 bits per heavy atom. The maximum absolute atomic E-state index is 10.5. The van der Waals surface area contributed by atoms with Crippen LogP contribution in [0.15, 0.2) is 0 Å². The van der Waals surface area contributed by atoms with E-state index < -0.39 is 0 Å². The first kappa shape index (κ1) is 8.30. The molecule has 0 saturated carbocycles. The Morgan fingerprint density at radius 2 is 2.22 bits per heavy atom. The summed E-state index contributed by atoms with van der Waals surface area (Å²) in [6.45, 7) is 0.0184. The van der Waals surface area contributed by atoms with E-state index in [1.807, 2.05) is 0 Å². The fourth-order valence-corrected chi connectivity index (χ4v) is 0.471. The molecule has 0 amide bonds. The maximum Gasteiger partial charge on any atom is 0.140 e. The molecule has 0 aliphatic heterocycles. The molecule has 0 atom stereocenters. The van der Waals surface area contributed by atoms with E-state index in [1.165, 1.54) is 0 Å². The molecule has 0 aliphatic carbocycles. The molecule has 0 aromatic heterocycles. The van der Waals surface area contributed by atoms with E-state index in [0.29, 0.717) is 19.1 Å². The van der Waals surface area contributed by atoms with Crippen LogP contribution in [0.25, 0.3) is 0 Å². The minimum atomic E-state index is -0.0981. The number of hydrogen-bond acceptors (Lipinski definition) is 3. The van der Waals surface area contributed by atoms with Crippen molar-refractivity contribution in [3.05, 3.63) is 0 Å². The highest BCUT2D eigenvalue weighted by molar-refractivity contribution is 5.89. The normalized spacial score (nSPS) is 9.00. The van der Waals surface area contributed by atoms with Crippen molar-refractivity contribution >= 4 is 12.1 Å². The number of aldehydes is 1. The molecule has 0 heterocycles. The Balaban J connectivity index is 3.16. The van der Waals surface area contributed by atoms with Crippen LogP contribution in [-0.4, -0.2) is 23.8 Å². The molecule has 0 radical (unpaired) electrons. The zero-order valence-corrected chi connectivity index (χ0v) is 5.17. The second-order valence-corrected chi connectivity index (χ2v) is 1.74. The number of hydrogen-bond donors (Lipinski definition) is 1. The summed E-state index contributed by atoms with van der Waals surface area (Å²) in [5.74, 6) is -0.0981. The van der Waals surface area contributed by atoms with E-state index in [1.54, 1.807) is 0 Å². The predicted molar refractivity (Wildman–Crippen MR) is 32.0 cm³/mol. The number of ketones is 1. The summed E-state index contributed by atoms with van der Waals surface area (Å²) in [6, 6.07) is 0. The van der Waals surface area contributed by atoms with Crippen molar-refractivity contribution in [3.63, 3.8) is 0 Å². The van der Waals surface area contributed by atoms with Crippen LogP contribution >= 0.6 is 0 Å². The van der Waals surface area contributed by atoms with Crippen molar-refractivity contribution in [2.75, 3.05) is 6.61 Å². The van der Waals surface area contributed by atoms with Crippen LogP contribution in [0.3, 0.4) is 0 Å². The van der Waals surface area contributed by atoms with Gasteiger partial charge in [-0.05, 0) is 6.42 Å². The van der Waals surface area contributed by atoms with E-state index in [2.05, 4.69) is 0 Å². The van der Waals surface area contributed by atoms with E-state index in [0.717, 1.165) is 0 Å². The van der Waals surface area contributed by atoms with Gasteiger partial charge in [0, 0.05) is 13.0 Å². The minimum Gasteiger partial charge on any atom is -0.396 e. The number of rotatable bonds is 5. The molecule has 0 aliphatic rings. The van der Waals surface area contributed by atoms with Crippen molar-refractivity contribution in [2.24, 2.45) is 0 Å². The lowest BCUT2D eigenvalue weighted by molar-refractivity contribution is -0.122. The topological polar surface area (TPSA) is 54.4 Å². The molecule has 0 aromatic rings. The third-order valence-electron chi connectivity index (χ3n) is 0.925. The quantitative estimate of drug-likeness (QED) is 0.418. The third-order valence-corrected chi connectivity index (χ3v) is 0.925. The number of Topliss-reactive ketones (excluding diaryl/α,β-unsaturated/α-hetero) is 1. The van der Waals surface area contributed by atoms with Crippen LogP contribution in [0.1, 0.15) is 19.3 Å². The van der Waals surface area contributed by atoms with Crippen molar-refractivity contribution in [1.29, 1.82) is 0 Å². The van der Waals surface area contributed by atoms with Crippen molar-refractivity contribution in [3.8, 4) is 0 Å². The Bertz CT molecular complexity index is 98.5. The van der Waals surface area contributed by atoms with E-state index in [4.69, 9.17) is 5.11 Å². The highest BCUT2D eigenvalue weighted by Gasteiger charge is 1.97. The van der Waals surface area contributed by atoms with Crippen LogP contribution in [-0.2, 0) is 9.59 Å². The van der Waals surface area contributed by atoms with Gasteiger partial charge in [-0.1, -0.05) is 0 Å². The molecular weight excluding hydrogens is 120 g/mol. The molecule has 0 saturated heterocycles. The van der Waals surface area contributed by atoms with Gasteiger partial charge in [0.05, 0.1) is 6.42 Å². The van der Waals surface area contributed by atoms with Gasteiger partial charge in [0.15, 0.2) is 0 Å². The molecule has 52 valence electrons. The molecule has 0 rings (SSSR count). The summed E-state index contributed by atoms with van der Waals surface area (Å²) >= 11 is 0. The summed E-state index contributed by atoms with van der Waals surface area (Å²) in [7, 11) is 0. The van der Waals surface area contributed by atoms with E-state index >= 15 is 0 Å². The van der Waals surface area contributed by atoms with E-state index in [9.17, 15) is 9.59 Å². The molecule has 0 aromatic carbocycles. The molecule has 3 nitrogen and oxygen atoms in total. The fraction of sp³-hybridized carbons (Fsp3) is 0.667. The Hall–Kier alpha value is -0.700. The largest absolute Gasteiger partial charge is 0.396 e. The lowest BCUT2D eigenvalue weighted by atomic mass is 10.2. The first-order valence-electron chi connectivity index (χ1n) is 2.87. The third kappa shape index (κ3) is 5.17. The van der Waals surface area contributed by atoms with Gasteiger partial charge >= 0.3 is 0 Å². The van der Waals surface area contributed by atoms with Gasteiger partial charge in [-0.3, -0.25) is 4.79 Å². The smallest absolute Gasteiger partial charge is 0.140 e. The molecule has 0 bridgehead atoms. The molecule has 0 unspecified atom stereocenters. The first-order chi connectivity index (χ1) is 4.31. The number of aliphatic hydroxyl groups excluding tert-OH is 1. The Labute approximate surface area is 53.7 Å². The molecular formula is C6H10O3. The summed E-state index contributed by atoms with van der Waals surface area (Å²) < 4.78 is 0. The van der Waals surface area contributed by atoms with Crippen LogP contribution in [0.2, 0.25) is 0 Å². The zero-order chi connectivity index (χ0) is 7.11. The van der Waals surface area contributed by atoms with Gasteiger partial charge in [0.2, 0.25) is 0 Å². The van der Waals surface area contributed by atoms with Gasteiger partial charge < -0.3 is 9.90 Å². The second kappa shape index (κ2) is 5.44. The lowest BCUT2D eigenvalue weighted by Gasteiger charge is -1.90. The Morgan fingerprint density at radius 1 is 1.56 bits per heavy atom. The fourth-order valence-electron chi connectivity index (χ4n) is 0.471. The van der Waals surface area contributed by atoms with Crippen molar-refractivity contribution < 1.29 is 14.7 Å².